The normalized spacial score (nSPS) is 10.5. The summed E-state index contributed by atoms with van der Waals surface area (Å²) in [4.78, 5) is 12.4. The van der Waals surface area contributed by atoms with E-state index in [-0.39, 0.29) is 6.03 Å². The Hall–Kier alpha value is -3.41. The fourth-order valence-corrected chi connectivity index (χ4v) is 3.35. The fraction of sp³-hybridized carbons (Fsp3) is 0.261. The molecule has 0 saturated carbocycles. The molecule has 3 rings (SSSR count). The van der Waals surface area contributed by atoms with Crippen molar-refractivity contribution in [2.24, 2.45) is 0 Å². The van der Waals surface area contributed by atoms with E-state index in [1.165, 1.54) is 5.56 Å². The van der Waals surface area contributed by atoms with Crippen molar-refractivity contribution in [1.29, 1.82) is 0 Å². The fourth-order valence-electron chi connectivity index (χ4n) is 3.35. The van der Waals surface area contributed by atoms with Gasteiger partial charge in [0.05, 0.1) is 19.9 Å². The molecule has 0 fully saturated rings. The zero-order valence-electron chi connectivity index (χ0n) is 17.5. The standard InChI is InChI=1S/C23H27N3O3/c1-15-6-8-19(9-7-15)26-16(2)12-18(17(26)3)14-24-23(27)25-21-13-20(28-4)10-11-22(21)29-5/h6-13H,14H2,1-5H3,(H2,24,25,27). The third-order valence-corrected chi connectivity index (χ3v) is 4.92. The molecule has 0 bridgehead atoms. The Bertz CT molecular complexity index is 1010. The van der Waals surface area contributed by atoms with Crippen molar-refractivity contribution < 1.29 is 14.3 Å². The summed E-state index contributed by atoms with van der Waals surface area (Å²) in [6, 6.07) is 15.5. The van der Waals surface area contributed by atoms with Crippen LogP contribution in [0.2, 0.25) is 0 Å². The Kier molecular flexibility index (Phi) is 6.12. The molecule has 3 aromatic rings. The van der Waals surface area contributed by atoms with Crippen molar-refractivity contribution in [2.45, 2.75) is 27.3 Å². The molecule has 2 N–H and O–H groups in total. The monoisotopic (exact) mass is 393 g/mol. The predicted molar refractivity (Wildman–Crippen MR) is 115 cm³/mol. The van der Waals surface area contributed by atoms with Crippen molar-refractivity contribution in [3.63, 3.8) is 0 Å². The van der Waals surface area contributed by atoms with Gasteiger partial charge in [-0.2, -0.15) is 0 Å². The van der Waals surface area contributed by atoms with E-state index in [1.807, 2.05) is 0 Å². The summed E-state index contributed by atoms with van der Waals surface area (Å²) in [5.74, 6) is 1.21. The number of nitrogens with one attached hydrogen (secondary N) is 2. The van der Waals surface area contributed by atoms with Crippen LogP contribution in [0.5, 0.6) is 11.5 Å². The third-order valence-electron chi connectivity index (χ3n) is 4.92. The molecule has 152 valence electrons. The highest BCUT2D eigenvalue weighted by molar-refractivity contribution is 5.91. The topological polar surface area (TPSA) is 64.5 Å². The van der Waals surface area contributed by atoms with E-state index >= 15 is 0 Å². The molecular formula is C23H27N3O3. The summed E-state index contributed by atoms with van der Waals surface area (Å²) in [6.45, 7) is 6.62. The van der Waals surface area contributed by atoms with Crippen LogP contribution in [0.25, 0.3) is 5.69 Å². The number of carbonyl (C=O) groups excluding carboxylic acids is 1. The van der Waals surface area contributed by atoms with Gasteiger partial charge in [0.25, 0.3) is 0 Å². The van der Waals surface area contributed by atoms with Gasteiger partial charge >= 0.3 is 6.03 Å². The SMILES string of the molecule is COc1ccc(OC)c(NC(=O)NCc2cc(C)n(-c3ccc(C)cc3)c2C)c1. The van der Waals surface area contributed by atoms with Crippen LogP contribution in [0, 0.1) is 20.8 Å². The zero-order valence-corrected chi connectivity index (χ0v) is 17.5. The van der Waals surface area contributed by atoms with E-state index in [9.17, 15) is 4.79 Å². The number of methoxy groups -OCH3 is 2. The zero-order chi connectivity index (χ0) is 21.0. The summed E-state index contributed by atoms with van der Waals surface area (Å²) >= 11 is 0. The Balaban J connectivity index is 1.71. The van der Waals surface area contributed by atoms with Crippen molar-refractivity contribution in [2.75, 3.05) is 19.5 Å². The van der Waals surface area contributed by atoms with Gasteiger partial charge in [0.2, 0.25) is 0 Å². The second-order valence-corrected chi connectivity index (χ2v) is 6.94. The van der Waals surface area contributed by atoms with Gasteiger partial charge in [0.1, 0.15) is 11.5 Å². The van der Waals surface area contributed by atoms with E-state index in [4.69, 9.17) is 9.47 Å². The maximum absolute atomic E-state index is 12.4. The quantitative estimate of drug-likeness (QED) is 0.636. The van der Waals surface area contributed by atoms with Crippen molar-refractivity contribution in [3.8, 4) is 17.2 Å². The molecule has 6 nitrogen and oxygen atoms in total. The number of hydrogen-bond donors (Lipinski definition) is 2. The Morgan fingerprint density at radius 3 is 2.34 bits per heavy atom. The number of nitrogens with zero attached hydrogens (tertiary/aromatic N) is 1. The number of aryl methyl sites for hydroxylation is 2. The highest BCUT2D eigenvalue weighted by atomic mass is 16.5. The number of anilines is 1. The molecule has 0 saturated heterocycles. The Labute approximate surface area is 171 Å². The maximum Gasteiger partial charge on any atom is 0.319 e. The number of ether oxygens (including phenoxy) is 2. The first kappa shape index (κ1) is 20.3. The molecule has 0 spiro atoms. The lowest BCUT2D eigenvalue weighted by Crippen LogP contribution is -2.28. The molecule has 0 unspecified atom stereocenters. The Morgan fingerprint density at radius 1 is 0.966 bits per heavy atom. The van der Waals surface area contributed by atoms with Gasteiger partial charge in [-0.3, -0.25) is 0 Å². The third kappa shape index (κ3) is 4.54. The molecule has 1 heterocycles. The summed E-state index contributed by atoms with van der Waals surface area (Å²) in [5, 5.41) is 5.74. The number of amides is 2. The van der Waals surface area contributed by atoms with Crippen LogP contribution in [0.1, 0.15) is 22.5 Å². The van der Waals surface area contributed by atoms with Crippen LogP contribution in [-0.2, 0) is 6.54 Å². The minimum atomic E-state index is -0.309. The van der Waals surface area contributed by atoms with Gasteiger partial charge in [-0.05, 0) is 56.7 Å². The van der Waals surface area contributed by atoms with Gasteiger partial charge in [0.15, 0.2) is 0 Å². The molecule has 6 heteroatoms. The summed E-state index contributed by atoms with van der Waals surface area (Å²) < 4.78 is 12.7. The number of rotatable bonds is 6. The van der Waals surface area contributed by atoms with Crippen molar-refractivity contribution in [1.82, 2.24) is 9.88 Å². The average molecular weight is 393 g/mol. The second kappa shape index (κ2) is 8.73. The molecule has 0 atom stereocenters. The molecule has 2 aromatic carbocycles. The molecule has 2 amide bonds. The number of aromatic nitrogens is 1. The lowest BCUT2D eigenvalue weighted by molar-refractivity contribution is 0.251. The van der Waals surface area contributed by atoms with E-state index in [0.29, 0.717) is 23.7 Å². The highest BCUT2D eigenvalue weighted by Crippen LogP contribution is 2.29. The van der Waals surface area contributed by atoms with Crippen LogP contribution in [0.15, 0.2) is 48.5 Å². The molecular weight excluding hydrogens is 366 g/mol. The minimum absolute atomic E-state index is 0.309. The van der Waals surface area contributed by atoms with Gasteiger partial charge in [-0.1, -0.05) is 17.7 Å². The van der Waals surface area contributed by atoms with E-state index in [2.05, 4.69) is 66.3 Å². The molecule has 0 aliphatic rings. The first-order valence-corrected chi connectivity index (χ1v) is 9.44. The van der Waals surface area contributed by atoms with Crippen LogP contribution in [0.3, 0.4) is 0 Å². The Morgan fingerprint density at radius 2 is 1.69 bits per heavy atom. The van der Waals surface area contributed by atoms with Crippen LogP contribution in [0.4, 0.5) is 10.5 Å². The summed E-state index contributed by atoms with van der Waals surface area (Å²) in [6.07, 6.45) is 0. The number of carbonyl (C=O) groups is 1. The van der Waals surface area contributed by atoms with Crippen LogP contribution < -0.4 is 20.1 Å². The highest BCUT2D eigenvalue weighted by Gasteiger charge is 2.13. The maximum atomic E-state index is 12.4. The molecule has 0 radical (unpaired) electrons. The summed E-state index contributed by atoms with van der Waals surface area (Å²) in [5.41, 5.74) is 6.18. The first-order valence-electron chi connectivity index (χ1n) is 9.44. The molecule has 29 heavy (non-hydrogen) atoms. The lowest BCUT2D eigenvalue weighted by Gasteiger charge is -2.13. The van der Waals surface area contributed by atoms with Gasteiger partial charge in [0, 0.05) is 29.7 Å². The van der Waals surface area contributed by atoms with Crippen molar-refractivity contribution in [3.05, 3.63) is 71.0 Å². The van der Waals surface area contributed by atoms with Crippen LogP contribution in [-0.4, -0.2) is 24.8 Å². The molecule has 1 aromatic heterocycles. The average Bonchev–Trinajstić information content (AvgIpc) is 3.00. The largest absolute Gasteiger partial charge is 0.497 e. The summed E-state index contributed by atoms with van der Waals surface area (Å²) in [7, 11) is 3.14. The smallest absolute Gasteiger partial charge is 0.319 e. The number of urea groups is 1. The number of hydrogen-bond acceptors (Lipinski definition) is 3. The van der Waals surface area contributed by atoms with Crippen LogP contribution >= 0.6 is 0 Å². The van der Waals surface area contributed by atoms with E-state index in [1.54, 1.807) is 32.4 Å². The lowest BCUT2D eigenvalue weighted by atomic mass is 10.2. The molecule has 0 aliphatic heterocycles. The number of benzene rings is 2. The molecule has 0 aliphatic carbocycles. The predicted octanol–water partition coefficient (Wildman–Crippen LogP) is 4.74. The van der Waals surface area contributed by atoms with Crippen molar-refractivity contribution >= 4 is 11.7 Å². The van der Waals surface area contributed by atoms with E-state index in [0.717, 1.165) is 22.6 Å². The first-order chi connectivity index (χ1) is 13.9. The van der Waals surface area contributed by atoms with Gasteiger partial charge in [-0.15, -0.1) is 0 Å². The van der Waals surface area contributed by atoms with Gasteiger partial charge in [-0.25, -0.2) is 4.79 Å². The second-order valence-electron chi connectivity index (χ2n) is 6.94. The van der Waals surface area contributed by atoms with E-state index < -0.39 is 0 Å². The minimum Gasteiger partial charge on any atom is -0.497 e. The van der Waals surface area contributed by atoms with Gasteiger partial charge < -0.3 is 24.7 Å².